The molecule has 0 unspecified atom stereocenters. The van der Waals surface area contributed by atoms with Crippen LogP contribution in [0.2, 0.25) is 5.02 Å². The third-order valence-corrected chi connectivity index (χ3v) is 5.50. The van der Waals surface area contributed by atoms with Gasteiger partial charge < -0.3 is 20.5 Å². The van der Waals surface area contributed by atoms with Gasteiger partial charge in [0.25, 0.3) is 5.91 Å². The monoisotopic (exact) mass is 449 g/mol. The number of nitrogens with two attached hydrogens (primary N) is 1. The van der Waals surface area contributed by atoms with Gasteiger partial charge in [0.05, 0.1) is 11.3 Å². The van der Waals surface area contributed by atoms with E-state index in [0.29, 0.717) is 36.1 Å². The van der Waals surface area contributed by atoms with E-state index in [9.17, 15) is 14.0 Å². The quantitative estimate of drug-likeness (QED) is 0.733. The number of benzene rings is 1. The van der Waals surface area contributed by atoms with Crippen molar-refractivity contribution in [1.82, 2.24) is 19.8 Å². The molecule has 9 heteroatoms. The molecule has 3 N–H and O–H groups in total. The number of amides is 2. The summed E-state index contributed by atoms with van der Waals surface area (Å²) in [5.41, 5.74) is 6.40. The van der Waals surface area contributed by atoms with Gasteiger partial charge in [-0.15, -0.1) is 0 Å². The lowest BCUT2D eigenvalue weighted by Gasteiger charge is -2.24. The highest BCUT2D eigenvalue weighted by Gasteiger charge is 2.30. The lowest BCUT2D eigenvalue weighted by molar-refractivity contribution is -0.120. The van der Waals surface area contributed by atoms with Crippen LogP contribution < -0.4 is 11.1 Å². The Labute approximate surface area is 186 Å². The van der Waals surface area contributed by atoms with Crippen molar-refractivity contribution in [3.63, 3.8) is 0 Å². The van der Waals surface area contributed by atoms with Crippen LogP contribution in [-0.2, 0) is 17.9 Å². The molecule has 2 heterocycles. The second-order valence-corrected chi connectivity index (χ2v) is 9.73. The predicted molar refractivity (Wildman–Crippen MR) is 118 cm³/mol. The molecule has 7 nitrogen and oxygen atoms in total. The minimum absolute atomic E-state index is 0.170. The van der Waals surface area contributed by atoms with Crippen molar-refractivity contribution in [2.75, 3.05) is 13.6 Å². The van der Waals surface area contributed by atoms with Crippen molar-refractivity contribution in [3.8, 4) is 11.4 Å². The molecule has 168 valence electrons. The van der Waals surface area contributed by atoms with Crippen molar-refractivity contribution in [2.45, 2.75) is 52.7 Å². The number of primary amides is 1. The number of rotatable bonds is 5. The molecule has 0 fully saturated rings. The summed E-state index contributed by atoms with van der Waals surface area (Å²) in [7, 11) is 1.95. The molecule has 2 aromatic rings. The molecule has 0 spiro atoms. The maximum atomic E-state index is 14.6. The molecule has 3 rings (SSSR count). The van der Waals surface area contributed by atoms with E-state index in [4.69, 9.17) is 17.3 Å². The Morgan fingerprint density at radius 3 is 2.68 bits per heavy atom. The number of nitrogens with zero attached hydrogens (tertiary/aromatic N) is 3. The van der Waals surface area contributed by atoms with Gasteiger partial charge in [-0.2, -0.15) is 0 Å². The van der Waals surface area contributed by atoms with Gasteiger partial charge >= 0.3 is 0 Å². The first-order chi connectivity index (χ1) is 14.5. The van der Waals surface area contributed by atoms with Crippen LogP contribution in [0.1, 0.15) is 49.8 Å². The van der Waals surface area contributed by atoms with Crippen molar-refractivity contribution in [1.29, 1.82) is 0 Å². The molecular weight excluding hydrogens is 421 g/mol. The first-order valence-corrected chi connectivity index (χ1v) is 10.7. The summed E-state index contributed by atoms with van der Waals surface area (Å²) >= 11 is 6.10. The first kappa shape index (κ1) is 23.2. The predicted octanol–water partition coefficient (Wildman–Crippen LogP) is 3.20. The fraction of sp³-hybridized carbons (Fsp3) is 0.500. The van der Waals surface area contributed by atoms with Crippen LogP contribution in [0.15, 0.2) is 18.2 Å². The molecule has 0 bridgehead atoms. The smallest absolute Gasteiger partial charge is 0.272 e. The molecule has 0 saturated carbocycles. The van der Waals surface area contributed by atoms with Crippen LogP contribution in [0.25, 0.3) is 11.4 Å². The fourth-order valence-electron chi connectivity index (χ4n) is 3.84. The number of carbonyl (C=O) groups is 2. The first-order valence-electron chi connectivity index (χ1n) is 10.3. The maximum Gasteiger partial charge on any atom is 0.272 e. The summed E-state index contributed by atoms with van der Waals surface area (Å²) in [6.45, 7) is 7.78. The number of carbonyl (C=O) groups excluding carboxylic acids is 2. The molecule has 1 aromatic carbocycles. The van der Waals surface area contributed by atoms with Gasteiger partial charge in [-0.3, -0.25) is 9.59 Å². The van der Waals surface area contributed by atoms with Gasteiger partial charge in [0.15, 0.2) is 5.69 Å². The number of nitrogens with one attached hydrogen (secondary N) is 1. The molecule has 0 radical (unpaired) electrons. The average Bonchev–Trinajstić information content (AvgIpc) is 2.88. The third-order valence-electron chi connectivity index (χ3n) is 5.26. The zero-order chi connectivity index (χ0) is 22.9. The van der Waals surface area contributed by atoms with E-state index in [2.05, 4.69) is 15.2 Å². The number of hydrogen-bond acceptors (Lipinski definition) is 4. The highest BCUT2D eigenvalue weighted by Crippen LogP contribution is 2.30. The van der Waals surface area contributed by atoms with E-state index in [1.54, 1.807) is 0 Å². The number of fused-ring (bicyclic) bond motifs is 1. The van der Waals surface area contributed by atoms with Crippen LogP contribution in [0.4, 0.5) is 4.39 Å². The van der Waals surface area contributed by atoms with Crippen molar-refractivity contribution in [3.05, 3.63) is 40.4 Å². The Morgan fingerprint density at radius 1 is 1.32 bits per heavy atom. The lowest BCUT2D eigenvalue weighted by atomic mass is 9.88. The summed E-state index contributed by atoms with van der Waals surface area (Å²) < 4.78 is 16.5. The van der Waals surface area contributed by atoms with E-state index >= 15 is 0 Å². The molecule has 0 saturated heterocycles. The molecular formula is C22H29ClFN5O2. The molecule has 1 aliphatic rings. The maximum absolute atomic E-state index is 14.6. The largest absolute Gasteiger partial charge is 0.368 e. The van der Waals surface area contributed by atoms with Gasteiger partial charge in [0.1, 0.15) is 17.7 Å². The Hall–Kier alpha value is -2.45. The average molecular weight is 450 g/mol. The Balaban J connectivity index is 2.05. The second kappa shape index (κ2) is 8.96. The Morgan fingerprint density at radius 2 is 2.03 bits per heavy atom. The van der Waals surface area contributed by atoms with Crippen molar-refractivity contribution in [2.24, 2.45) is 11.1 Å². The fourth-order valence-corrected chi connectivity index (χ4v) is 4.01. The van der Waals surface area contributed by atoms with E-state index in [1.807, 2.05) is 32.4 Å². The minimum Gasteiger partial charge on any atom is -0.368 e. The van der Waals surface area contributed by atoms with E-state index in [1.165, 1.54) is 18.2 Å². The summed E-state index contributed by atoms with van der Waals surface area (Å²) in [4.78, 5) is 31.8. The summed E-state index contributed by atoms with van der Waals surface area (Å²) in [6, 6.07) is 3.43. The number of aromatic nitrogens is 2. The third kappa shape index (κ3) is 5.43. The van der Waals surface area contributed by atoms with Gasteiger partial charge in [0, 0.05) is 18.1 Å². The summed E-state index contributed by atoms with van der Waals surface area (Å²) in [5.74, 6) is -1.22. The Bertz CT molecular complexity index is 999. The molecule has 31 heavy (non-hydrogen) atoms. The van der Waals surface area contributed by atoms with Crippen molar-refractivity contribution >= 4 is 23.4 Å². The van der Waals surface area contributed by atoms with E-state index < -0.39 is 23.7 Å². The number of halogens is 2. The molecule has 1 aromatic heterocycles. The standard InChI is InChI=1S/C22H29ClFN5O2/c1-22(2,3)11-16(19(25)30)26-21(31)18-17-12-28(4)8-5-9-29(17)20(27-18)14-10-13(23)6-7-15(14)24/h6-7,10,16H,5,8-9,11-12H2,1-4H3,(H2,25,30)(H,26,31)/t16-/m0/s1. The van der Waals surface area contributed by atoms with E-state index in [0.717, 1.165) is 13.0 Å². The van der Waals surface area contributed by atoms with Gasteiger partial charge in [-0.1, -0.05) is 32.4 Å². The van der Waals surface area contributed by atoms with Crippen LogP contribution in [0, 0.1) is 11.2 Å². The number of hydrogen-bond donors (Lipinski definition) is 2. The van der Waals surface area contributed by atoms with Crippen LogP contribution in [-0.4, -0.2) is 45.9 Å². The van der Waals surface area contributed by atoms with Crippen molar-refractivity contribution < 1.29 is 14.0 Å². The minimum atomic E-state index is -0.834. The topological polar surface area (TPSA) is 93.2 Å². The highest BCUT2D eigenvalue weighted by molar-refractivity contribution is 6.30. The van der Waals surface area contributed by atoms with Gasteiger partial charge in [-0.05, 0) is 50.0 Å². The lowest BCUT2D eigenvalue weighted by Crippen LogP contribution is -2.46. The molecule has 0 aliphatic carbocycles. The van der Waals surface area contributed by atoms with Crippen LogP contribution in [0.5, 0.6) is 0 Å². The summed E-state index contributed by atoms with van der Waals surface area (Å²) in [5, 5.41) is 3.12. The van der Waals surface area contributed by atoms with Gasteiger partial charge in [0.2, 0.25) is 5.91 Å². The zero-order valence-corrected chi connectivity index (χ0v) is 19.1. The SMILES string of the molecule is CN1CCCn2c(-c3cc(Cl)ccc3F)nc(C(=O)N[C@@H](CC(C)(C)C)C(N)=O)c2C1. The van der Waals surface area contributed by atoms with Gasteiger partial charge in [-0.25, -0.2) is 9.37 Å². The van der Waals surface area contributed by atoms with Crippen LogP contribution in [0.3, 0.4) is 0 Å². The highest BCUT2D eigenvalue weighted by atomic mass is 35.5. The second-order valence-electron chi connectivity index (χ2n) is 9.29. The molecule has 1 atom stereocenters. The Kier molecular flexibility index (Phi) is 6.71. The van der Waals surface area contributed by atoms with Crippen LogP contribution >= 0.6 is 11.6 Å². The molecule has 2 amide bonds. The zero-order valence-electron chi connectivity index (χ0n) is 18.3. The van der Waals surface area contributed by atoms with E-state index in [-0.39, 0.29) is 16.7 Å². The summed E-state index contributed by atoms with van der Waals surface area (Å²) in [6.07, 6.45) is 1.21. The number of imidazole rings is 1. The molecule has 1 aliphatic heterocycles. The normalized spacial score (nSPS) is 15.8.